The van der Waals surface area contributed by atoms with E-state index in [0.29, 0.717) is 11.3 Å². The van der Waals surface area contributed by atoms with Crippen LogP contribution in [0.1, 0.15) is 28.9 Å². The van der Waals surface area contributed by atoms with Gasteiger partial charge in [-0.15, -0.1) is 0 Å². The van der Waals surface area contributed by atoms with Crippen LogP contribution in [0.25, 0.3) is 10.8 Å². The van der Waals surface area contributed by atoms with Crippen molar-refractivity contribution in [2.24, 2.45) is 0 Å². The Balaban J connectivity index is 1.63. The normalized spacial score (nSPS) is 11.8. The fraction of sp³-hybridized carbons (Fsp3) is 0.182. The zero-order valence-electron chi connectivity index (χ0n) is 15.5. The lowest BCUT2D eigenvalue weighted by Gasteiger charge is -2.16. The van der Waals surface area contributed by atoms with E-state index in [4.69, 9.17) is 0 Å². The number of rotatable bonds is 6. The number of anilines is 1. The molecule has 27 heavy (non-hydrogen) atoms. The van der Waals surface area contributed by atoms with E-state index in [1.165, 1.54) is 10.8 Å². The van der Waals surface area contributed by atoms with Crippen LogP contribution in [-0.4, -0.2) is 25.4 Å². The fourth-order valence-electron chi connectivity index (χ4n) is 3.07. The van der Waals surface area contributed by atoms with Crippen molar-refractivity contribution in [1.82, 2.24) is 10.6 Å². The van der Waals surface area contributed by atoms with E-state index in [9.17, 15) is 9.59 Å². The molecule has 3 N–H and O–H groups in total. The van der Waals surface area contributed by atoms with Gasteiger partial charge in [0.05, 0.1) is 6.54 Å². The average molecular weight is 361 g/mol. The summed E-state index contributed by atoms with van der Waals surface area (Å²) in [6.45, 7) is 2.22. The number of hydrogen-bond donors (Lipinski definition) is 3. The molecule has 3 aromatic carbocycles. The molecule has 0 unspecified atom stereocenters. The van der Waals surface area contributed by atoms with E-state index in [1.807, 2.05) is 25.1 Å². The Labute approximate surface area is 158 Å². The predicted molar refractivity (Wildman–Crippen MR) is 109 cm³/mol. The van der Waals surface area contributed by atoms with E-state index in [-0.39, 0.29) is 24.4 Å². The number of carbonyl (C=O) groups excluding carboxylic acids is 2. The summed E-state index contributed by atoms with van der Waals surface area (Å²) in [7, 11) is 1.58. The van der Waals surface area contributed by atoms with Gasteiger partial charge in [-0.05, 0) is 41.5 Å². The van der Waals surface area contributed by atoms with Crippen molar-refractivity contribution in [2.45, 2.75) is 13.0 Å². The molecule has 1 atom stereocenters. The second kappa shape index (κ2) is 8.47. The van der Waals surface area contributed by atoms with Gasteiger partial charge in [-0.25, -0.2) is 0 Å². The molecule has 138 valence electrons. The molecule has 0 radical (unpaired) electrons. The van der Waals surface area contributed by atoms with Gasteiger partial charge in [-0.2, -0.15) is 0 Å². The summed E-state index contributed by atoms with van der Waals surface area (Å²) in [6.07, 6.45) is 0. The third-order valence-corrected chi connectivity index (χ3v) is 4.49. The molecule has 0 fully saturated rings. The van der Waals surface area contributed by atoms with Crippen molar-refractivity contribution >= 4 is 28.3 Å². The lowest BCUT2D eigenvalue weighted by molar-refractivity contribution is -0.115. The van der Waals surface area contributed by atoms with Crippen molar-refractivity contribution in [2.75, 3.05) is 18.9 Å². The zero-order chi connectivity index (χ0) is 19.2. The van der Waals surface area contributed by atoms with Crippen LogP contribution in [-0.2, 0) is 4.79 Å². The third kappa shape index (κ3) is 4.51. The highest BCUT2D eigenvalue weighted by molar-refractivity contribution is 5.97. The lowest BCUT2D eigenvalue weighted by Crippen LogP contribution is -2.30. The standard InChI is InChI=1S/C22H23N3O2/c1-15(19-12-6-8-16-7-3-4-11-20(16)19)24-14-21(26)25-18-10-5-9-17(13-18)22(27)23-2/h3-13,15,24H,14H2,1-2H3,(H,23,27)(H,25,26)/t15-/m1/s1. The Kier molecular flexibility index (Phi) is 5.84. The minimum absolute atomic E-state index is 0.0269. The molecule has 3 aromatic rings. The number of amides is 2. The smallest absolute Gasteiger partial charge is 0.251 e. The maximum Gasteiger partial charge on any atom is 0.251 e. The van der Waals surface area contributed by atoms with Crippen molar-refractivity contribution in [3.05, 3.63) is 77.9 Å². The summed E-state index contributed by atoms with van der Waals surface area (Å²) in [5.41, 5.74) is 2.26. The summed E-state index contributed by atoms with van der Waals surface area (Å²) >= 11 is 0. The Hall–Kier alpha value is -3.18. The zero-order valence-corrected chi connectivity index (χ0v) is 15.5. The molecule has 0 spiro atoms. The largest absolute Gasteiger partial charge is 0.355 e. The first-order valence-electron chi connectivity index (χ1n) is 8.91. The Morgan fingerprint density at radius 1 is 0.963 bits per heavy atom. The molecule has 0 heterocycles. The maximum absolute atomic E-state index is 12.3. The molecule has 0 saturated heterocycles. The van der Waals surface area contributed by atoms with Gasteiger partial charge < -0.3 is 16.0 Å². The van der Waals surface area contributed by atoms with Gasteiger partial charge >= 0.3 is 0 Å². The fourth-order valence-corrected chi connectivity index (χ4v) is 3.07. The Bertz CT molecular complexity index is 963. The van der Waals surface area contributed by atoms with Gasteiger partial charge in [0.2, 0.25) is 5.91 Å². The molecule has 0 bridgehead atoms. The molecular formula is C22H23N3O2. The van der Waals surface area contributed by atoms with Gasteiger partial charge in [-0.3, -0.25) is 9.59 Å². The molecule has 5 nitrogen and oxygen atoms in total. The van der Waals surface area contributed by atoms with E-state index in [0.717, 1.165) is 5.56 Å². The first kappa shape index (κ1) is 18.6. The molecule has 3 rings (SSSR count). The van der Waals surface area contributed by atoms with Crippen LogP contribution in [0.2, 0.25) is 0 Å². The SMILES string of the molecule is CNC(=O)c1cccc(NC(=O)CN[C@H](C)c2cccc3ccccc23)c1. The summed E-state index contributed by atoms with van der Waals surface area (Å²) in [5.74, 6) is -0.343. The molecule has 0 aromatic heterocycles. The van der Waals surface area contributed by atoms with E-state index in [1.54, 1.807) is 31.3 Å². The first-order chi connectivity index (χ1) is 13.1. The van der Waals surface area contributed by atoms with Gasteiger partial charge in [0.15, 0.2) is 0 Å². The van der Waals surface area contributed by atoms with Crippen molar-refractivity contribution in [1.29, 1.82) is 0 Å². The van der Waals surface area contributed by atoms with E-state index < -0.39 is 0 Å². The number of fused-ring (bicyclic) bond motifs is 1. The number of hydrogen-bond acceptors (Lipinski definition) is 3. The number of carbonyl (C=O) groups is 2. The second-order valence-electron chi connectivity index (χ2n) is 6.38. The highest BCUT2D eigenvalue weighted by Gasteiger charge is 2.11. The topological polar surface area (TPSA) is 70.2 Å². The Morgan fingerprint density at radius 3 is 2.52 bits per heavy atom. The predicted octanol–water partition coefficient (Wildman–Crippen LogP) is 3.49. The number of benzene rings is 3. The third-order valence-electron chi connectivity index (χ3n) is 4.49. The molecule has 0 saturated carbocycles. The lowest BCUT2D eigenvalue weighted by atomic mass is 10.00. The van der Waals surface area contributed by atoms with Gasteiger partial charge in [0, 0.05) is 24.3 Å². The van der Waals surface area contributed by atoms with Crippen LogP contribution in [0.4, 0.5) is 5.69 Å². The van der Waals surface area contributed by atoms with E-state index >= 15 is 0 Å². The average Bonchev–Trinajstić information content (AvgIpc) is 2.71. The minimum atomic E-state index is -0.186. The van der Waals surface area contributed by atoms with Crippen molar-refractivity contribution < 1.29 is 9.59 Å². The number of nitrogens with one attached hydrogen (secondary N) is 3. The van der Waals surface area contributed by atoms with Crippen LogP contribution in [0, 0.1) is 0 Å². The molecule has 0 aliphatic carbocycles. The first-order valence-corrected chi connectivity index (χ1v) is 8.91. The monoisotopic (exact) mass is 361 g/mol. The molecule has 5 heteroatoms. The van der Waals surface area contributed by atoms with Crippen LogP contribution in [0.5, 0.6) is 0 Å². The molecule has 2 amide bonds. The van der Waals surface area contributed by atoms with Crippen molar-refractivity contribution in [3.63, 3.8) is 0 Å². The second-order valence-corrected chi connectivity index (χ2v) is 6.38. The van der Waals surface area contributed by atoms with E-state index in [2.05, 4.69) is 40.2 Å². The highest BCUT2D eigenvalue weighted by atomic mass is 16.2. The van der Waals surface area contributed by atoms with Crippen LogP contribution < -0.4 is 16.0 Å². The molecular weight excluding hydrogens is 338 g/mol. The quantitative estimate of drug-likeness (QED) is 0.629. The Morgan fingerprint density at radius 2 is 1.70 bits per heavy atom. The molecule has 0 aliphatic rings. The van der Waals surface area contributed by atoms with Crippen molar-refractivity contribution in [3.8, 4) is 0 Å². The summed E-state index contributed by atoms with van der Waals surface area (Å²) < 4.78 is 0. The minimum Gasteiger partial charge on any atom is -0.355 e. The van der Waals surface area contributed by atoms with Gasteiger partial charge in [-0.1, -0.05) is 48.5 Å². The van der Waals surface area contributed by atoms with Crippen LogP contribution in [0.3, 0.4) is 0 Å². The maximum atomic E-state index is 12.3. The summed E-state index contributed by atoms with van der Waals surface area (Å²) in [5, 5.41) is 11.0. The van der Waals surface area contributed by atoms with Crippen LogP contribution in [0.15, 0.2) is 66.7 Å². The van der Waals surface area contributed by atoms with Crippen LogP contribution >= 0.6 is 0 Å². The highest BCUT2D eigenvalue weighted by Crippen LogP contribution is 2.23. The van der Waals surface area contributed by atoms with Gasteiger partial charge in [0.1, 0.15) is 0 Å². The van der Waals surface area contributed by atoms with Gasteiger partial charge in [0.25, 0.3) is 5.91 Å². The summed E-state index contributed by atoms with van der Waals surface area (Å²) in [6, 6.07) is 21.3. The molecule has 0 aliphatic heterocycles. The summed E-state index contributed by atoms with van der Waals surface area (Å²) in [4.78, 5) is 24.0.